The second kappa shape index (κ2) is 5.07. The Morgan fingerprint density at radius 3 is 2.69 bits per heavy atom. The van der Waals surface area contributed by atoms with E-state index in [9.17, 15) is 9.18 Å². The smallest absolute Gasteiger partial charge is 0.253 e. The van der Waals surface area contributed by atoms with Crippen molar-refractivity contribution in [2.45, 2.75) is 20.0 Å². The number of carbonyl (C=O) groups is 1. The lowest BCUT2D eigenvalue weighted by Gasteiger charge is -2.18. The van der Waals surface area contributed by atoms with E-state index in [0.29, 0.717) is 11.1 Å². The van der Waals surface area contributed by atoms with E-state index in [1.165, 1.54) is 11.0 Å². The number of hydrogen-bond acceptors (Lipinski definition) is 2. The van der Waals surface area contributed by atoms with E-state index in [-0.39, 0.29) is 12.5 Å². The molecule has 1 atom stereocenters. The second-order valence-electron chi connectivity index (χ2n) is 4.00. The molecule has 0 aliphatic heterocycles. The molecule has 1 unspecified atom stereocenters. The van der Waals surface area contributed by atoms with Gasteiger partial charge in [0.15, 0.2) is 0 Å². The van der Waals surface area contributed by atoms with Gasteiger partial charge in [-0.15, -0.1) is 0 Å². The van der Waals surface area contributed by atoms with Crippen LogP contribution in [0.15, 0.2) is 18.2 Å². The lowest BCUT2D eigenvalue weighted by molar-refractivity contribution is 0.0703. The zero-order chi connectivity index (χ0) is 12.3. The maximum absolute atomic E-state index is 13.2. The standard InChI is InChI=1S/C12H16FNO2/c1-8-4-5-10(6-11(8)13)12(16)14(3)7-9(2)15/h4-6,9,15H,7H2,1-3H3. The minimum Gasteiger partial charge on any atom is -0.392 e. The van der Waals surface area contributed by atoms with Gasteiger partial charge in [-0.05, 0) is 31.5 Å². The second-order valence-corrected chi connectivity index (χ2v) is 4.00. The molecular weight excluding hydrogens is 209 g/mol. The number of halogens is 1. The molecule has 1 amide bonds. The van der Waals surface area contributed by atoms with Crippen molar-refractivity contribution in [3.05, 3.63) is 35.1 Å². The van der Waals surface area contributed by atoms with Crippen LogP contribution in [0.3, 0.4) is 0 Å². The quantitative estimate of drug-likeness (QED) is 0.848. The fraction of sp³-hybridized carbons (Fsp3) is 0.417. The highest BCUT2D eigenvalue weighted by molar-refractivity contribution is 5.94. The summed E-state index contributed by atoms with van der Waals surface area (Å²) in [6, 6.07) is 4.37. The first-order valence-corrected chi connectivity index (χ1v) is 5.11. The molecule has 0 aliphatic rings. The van der Waals surface area contributed by atoms with E-state index in [1.54, 1.807) is 33.0 Å². The van der Waals surface area contributed by atoms with Crippen molar-refractivity contribution >= 4 is 5.91 Å². The van der Waals surface area contributed by atoms with Gasteiger partial charge in [-0.3, -0.25) is 4.79 Å². The molecule has 4 heteroatoms. The van der Waals surface area contributed by atoms with E-state index >= 15 is 0 Å². The SMILES string of the molecule is Cc1ccc(C(=O)N(C)CC(C)O)cc1F. The number of aliphatic hydroxyl groups excluding tert-OH is 1. The first kappa shape index (κ1) is 12.6. The van der Waals surface area contributed by atoms with Gasteiger partial charge in [0.1, 0.15) is 5.82 Å². The summed E-state index contributed by atoms with van der Waals surface area (Å²) in [5.41, 5.74) is 0.806. The molecule has 0 bridgehead atoms. The number of hydrogen-bond donors (Lipinski definition) is 1. The van der Waals surface area contributed by atoms with Crippen LogP contribution in [0, 0.1) is 12.7 Å². The van der Waals surface area contributed by atoms with Crippen LogP contribution >= 0.6 is 0 Å². The fourth-order valence-corrected chi connectivity index (χ4v) is 1.43. The van der Waals surface area contributed by atoms with Crippen LogP contribution in [0.4, 0.5) is 4.39 Å². The van der Waals surface area contributed by atoms with Gasteiger partial charge in [-0.25, -0.2) is 4.39 Å². The summed E-state index contributed by atoms with van der Waals surface area (Å²) in [7, 11) is 1.58. The summed E-state index contributed by atoms with van der Waals surface area (Å²) in [5, 5.41) is 9.15. The molecule has 0 radical (unpaired) electrons. The molecule has 0 heterocycles. The Labute approximate surface area is 94.5 Å². The highest BCUT2D eigenvalue weighted by Gasteiger charge is 2.14. The largest absolute Gasteiger partial charge is 0.392 e. The first-order chi connectivity index (χ1) is 7.41. The number of nitrogens with zero attached hydrogens (tertiary/aromatic N) is 1. The zero-order valence-electron chi connectivity index (χ0n) is 9.70. The molecule has 0 aliphatic carbocycles. The third-order valence-corrected chi connectivity index (χ3v) is 2.30. The number of carbonyl (C=O) groups excluding carboxylic acids is 1. The average Bonchev–Trinajstić information content (AvgIpc) is 2.20. The normalized spacial score (nSPS) is 12.3. The topological polar surface area (TPSA) is 40.5 Å². The van der Waals surface area contributed by atoms with Crippen molar-refractivity contribution in [3.8, 4) is 0 Å². The van der Waals surface area contributed by atoms with Crippen molar-refractivity contribution in [1.29, 1.82) is 0 Å². The van der Waals surface area contributed by atoms with Crippen LogP contribution in [-0.2, 0) is 0 Å². The number of aliphatic hydroxyl groups is 1. The maximum atomic E-state index is 13.2. The average molecular weight is 225 g/mol. The molecule has 1 aromatic rings. The summed E-state index contributed by atoms with van der Waals surface area (Å²) in [4.78, 5) is 13.2. The molecule has 1 aromatic carbocycles. The van der Waals surface area contributed by atoms with Gasteiger partial charge in [0.05, 0.1) is 6.10 Å². The molecule has 1 rings (SSSR count). The Bertz CT molecular complexity index is 391. The Morgan fingerprint density at radius 1 is 1.56 bits per heavy atom. The lowest BCUT2D eigenvalue weighted by atomic mass is 10.1. The van der Waals surface area contributed by atoms with Crippen molar-refractivity contribution in [2.24, 2.45) is 0 Å². The number of benzene rings is 1. The molecule has 88 valence electrons. The number of rotatable bonds is 3. The molecule has 1 N–H and O–H groups in total. The van der Waals surface area contributed by atoms with Crippen LogP contribution in [0.25, 0.3) is 0 Å². The van der Waals surface area contributed by atoms with Gasteiger partial charge in [-0.1, -0.05) is 6.07 Å². The molecule has 0 saturated carbocycles. The van der Waals surface area contributed by atoms with Crippen molar-refractivity contribution < 1.29 is 14.3 Å². The van der Waals surface area contributed by atoms with Crippen LogP contribution in [0.1, 0.15) is 22.8 Å². The molecular formula is C12H16FNO2. The van der Waals surface area contributed by atoms with Crippen molar-refractivity contribution in [1.82, 2.24) is 4.90 Å². The Kier molecular flexibility index (Phi) is 4.01. The van der Waals surface area contributed by atoms with Gasteiger partial charge >= 0.3 is 0 Å². The van der Waals surface area contributed by atoms with Crippen LogP contribution in [-0.4, -0.2) is 35.6 Å². The number of amides is 1. The summed E-state index contributed by atoms with van der Waals surface area (Å²) < 4.78 is 13.2. The van der Waals surface area contributed by atoms with Gasteiger partial charge in [0, 0.05) is 19.2 Å². The minimum atomic E-state index is -0.593. The van der Waals surface area contributed by atoms with Crippen LogP contribution in [0.5, 0.6) is 0 Å². The molecule has 3 nitrogen and oxygen atoms in total. The highest BCUT2D eigenvalue weighted by atomic mass is 19.1. The molecule has 0 saturated heterocycles. The Balaban J connectivity index is 2.84. The first-order valence-electron chi connectivity index (χ1n) is 5.11. The summed E-state index contributed by atoms with van der Waals surface area (Å²) in [5.74, 6) is -0.684. The molecule has 0 fully saturated rings. The van der Waals surface area contributed by atoms with Crippen LogP contribution in [0.2, 0.25) is 0 Å². The van der Waals surface area contributed by atoms with E-state index in [0.717, 1.165) is 0 Å². The third kappa shape index (κ3) is 3.03. The van der Waals surface area contributed by atoms with Crippen molar-refractivity contribution in [2.75, 3.05) is 13.6 Å². The van der Waals surface area contributed by atoms with Gasteiger partial charge in [-0.2, -0.15) is 0 Å². The number of aryl methyl sites for hydroxylation is 1. The minimum absolute atomic E-state index is 0.230. The van der Waals surface area contributed by atoms with Gasteiger partial charge < -0.3 is 10.0 Å². The Hall–Kier alpha value is -1.42. The lowest BCUT2D eigenvalue weighted by Crippen LogP contribution is -2.33. The monoisotopic (exact) mass is 225 g/mol. The predicted molar refractivity (Wildman–Crippen MR) is 59.8 cm³/mol. The Morgan fingerprint density at radius 2 is 2.19 bits per heavy atom. The summed E-state index contributed by atoms with van der Waals surface area (Å²) in [6.45, 7) is 3.47. The van der Waals surface area contributed by atoms with E-state index in [1.807, 2.05) is 0 Å². The van der Waals surface area contributed by atoms with E-state index in [4.69, 9.17) is 5.11 Å². The maximum Gasteiger partial charge on any atom is 0.253 e. The van der Waals surface area contributed by atoms with Gasteiger partial charge in [0.2, 0.25) is 0 Å². The highest BCUT2D eigenvalue weighted by Crippen LogP contribution is 2.11. The molecule has 16 heavy (non-hydrogen) atoms. The zero-order valence-corrected chi connectivity index (χ0v) is 9.70. The third-order valence-electron chi connectivity index (χ3n) is 2.30. The number of likely N-dealkylation sites (N-methyl/N-ethyl adjacent to an activating group) is 1. The summed E-state index contributed by atoms with van der Waals surface area (Å²) >= 11 is 0. The summed E-state index contributed by atoms with van der Waals surface area (Å²) in [6.07, 6.45) is -0.593. The van der Waals surface area contributed by atoms with E-state index < -0.39 is 11.9 Å². The molecule has 0 spiro atoms. The van der Waals surface area contributed by atoms with E-state index in [2.05, 4.69) is 0 Å². The predicted octanol–water partition coefficient (Wildman–Crippen LogP) is 1.59. The van der Waals surface area contributed by atoms with Crippen LogP contribution < -0.4 is 0 Å². The van der Waals surface area contributed by atoms with Crippen molar-refractivity contribution in [3.63, 3.8) is 0 Å². The van der Waals surface area contributed by atoms with Gasteiger partial charge in [0.25, 0.3) is 5.91 Å². The fourth-order valence-electron chi connectivity index (χ4n) is 1.43. The molecule has 0 aromatic heterocycles.